The molecule has 0 aliphatic heterocycles. The maximum absolute atomic E-state index is 13.9. The summed E-state index contributed by atoms with van der Waals surface area (Å²) in [5, 5.41) is 8.67. The Morgan fingerprint density at radius 3 is 2.68 bits per heavy atom. The summed E-state index contributed by atoms with van der Waals surface area (Å²) in [6, 6.07) is 3.38. The van der Waals surface area contributed by atoms with Crippen molar-refractivity contribution < 1.29 is 22.3 Å². The molecule has 0 heterocycles. The van der Waals surface area contributed by atoms with Gasteiger partial charge in [0.2, 0.25) is 10.0 Å². The Hall–Kier alpha value is -1.69. The number of sulfonamides is 1. The topological polar surface area (TPSA) is 96.3 Å². The quantitative estimate of drug-likeness (QED) is 0.822. The normalized spacial score (nSPS) is 15.9. The fourth-order valence-electron chi connectivity index (χ4n) is 1.77. The highest BCUT2D eigenvalue weighted by atomic mass is 35.5. The van der Waals surface area contributed by atoms with Crippen molar-refractivity contribution in [3.8, 4) is 6.07 Å². The van der Waals surface area contributed by atoms with Crippen LogP contribution in [0.2, 0.25) is 5.02 Å². The van der Waals surface area contributed by atoms with Crippen LogP contribution in [-0.4, -0.2) is 26.5 Å². The molecule has 0 bridgehead atoms. The molecule has 1 aromatic rings. The zero-order valence-corrected chi connectivity index (χ0v) is 13.1. The first-order chi connectivity index (χ1) is 10.2. The van der Waals surface area contributed by atoms with Crippen molar-refractivity contribution in [2.75, 3.05) is 6.61 Å². The predicted molar refractivity (Wildman–Crippen MR) is 75.3 cm³/mol. The molecule has 0 saturated heterocycles. The zero-order valence-electron chi connectivity index (χ0n) is 11.5. The Labute approximate surface area is 131 Å². The summed E-state index contributed by atoms with van der Waals surface area (Å²) < 4.78 is 45.2. The third kappa shape index (κ3) is 3.21. The van der Waals surface area contributed by atoms with E-state index in [1.165, 1.54) is 0 Å². The Balaban J connectivity index is 2.44. The standard InChI is InChI=1S/C13H12ClFN2O4S/c1-2-21-12(18)8-5-11(10(15)6-9(8)14)22(19,20)17-13(7-16)3-4-13/h5-6,17H,2-4H2,1H3. The number of carbonyl (C=O) groups excluding carboxylic acids is 1. The Kier molecular flexibility index (Phi) is 4.42. The van der Waals surface area contributed by atoms with Crippen LogP contribution in [0.1, 0.15) is 30.1 Å². The van der Waals surface area contributed by atoms with Gasteiger partial charge in [-0.05, 0) is 31.9 Å². The van der Waals surface area contributed by atoms with E-state index in [1.54, 1.807) is 6.92 Å². The lowest BCUT2D eigenvalue weighted by Crippen LogP contribution is -2.36. The summed E-state index contributed by atoms with van der Waals surface area (Å²) >= 11 is 5.75. The number of ether oxygens (including phenoxy) is 1. The molecule has 22 heavy (non-hydrogen) atoms. The largest absolute Gasteiger partial charge is 0.462 e. The first-order valence-electron chi connectivity index (χ1n) is 6.36. The molecule has 0 atom stereocenters. The highest BCUT2D eigenvalue weighted by molar-refractivity contribution is 7.89. The van der Waals surface area contributed by atoms with Gasteiger partial charge in [-0.3, -0.25) is 0 Å². The fourth-order valence-corrected chi connectivity index (χ4v) is 3.46. The molecule has 0 amide bonds. The van der Waals surface area contributed by atoms with Crippen LogP contribution in [0.3, 0.4) is 0 Å². The molecule has 1 aliphatic carbocycles. The van der Waals surface area contributed by atoms with E-state index in [2.05, 4.69) is 4.72 Å². The van der Waals surface area contributed by atoms with Crippen molar-refractivity contribution in [1.29, 1.82) is 5.26 Å². The van der Waals surface area contributed by atoms with Gasteiger partial charge >= 0.3 is 5.97 Å². The molecule has 118 valence electrons. The molecule has 1 aromatic carbocycles. The number of rotatable bonds is 5. The Morgan fingerprint density at radius 1 is 1.55 bits per heavy atom. The summed E-state index contributed by atoms with van der Waals surface area (Å²) in [6.45, 7) is 1.63. The average molecular weight is 347 g/mol. The molecule has 0 radical (unpaired) electrons. The van der Waals surface area contributed by atoms with Crippen molar-refractivity contribution in [2.24, 2.45) is 0 Å². The fraction of sp³-hybridized carbons (Fsp3) is 0.385. The Morgan fingerprint density at radius 2 is 2.18 bits per heavy atom. The second-order valence-electron chi connectivity index (χ2n) is 4.78. The second-order valence-corrected chi connectivity index (χ2v) is 6.84. The van der Waals surface area contributed by atoms with Crippen molar-refractivity contribution in [3.63, 3.8) is 0 Å². The number of hydrogen-bond donors (Lipinski definition) is 1. The monoisotopic (exact) mass is 346 g/mol. The lowest BCUT2D eigenvalue weighted by atomic mass is 10.2. The van der Waals surface area contributed by atoms with Crippen molar-refractivity contribution in [1.82, 2.24) is 4.72 Å². The SMILES string of the molecule is CCOC(=O)c1cc(S(=O)(=O)NC2(C#N)CC2)c(F)cc1Cl. The molecule has 9 heteroatoms. The highest BCUT2D eigenvalue weighted by Gasteiger charge is 2.47. The van der Waals surface area contributed by atoms with Gasteiger partial charge in [0.15, 0.2) is 0 Å². The van der Waals surface area contributed by atoms with Crippen molar-refractivity contribution in [3.05, 3.63) is 28.5 Å². The van der Waals surface area contributed by atoms with Crippen LogP contribution in [-0.2, 0) is 14.8 Å². The van der Waals surface area contributed by atoms with Crippen LogP contribution >= 0.6 is 11.6 Å². The summed E-state index contributed by atoms with van der Waals surface area (Å²) in [5.41, 5.74) is -1.46. The van der Waals surface area contributed by atoms with Crippen LogP contribution in [0.5, 0.6) is 0 Å². The number of hydrogen-bond acceptors (Lipinski definition) is 5. The first kappa shape index (κ1) is 16.7. The van der Waals surface area contributed by atoms with Gasteiger partial charge in [-0.1, -0.05) is 11.6 Å². The lowest BCUT2D eigenvalue weighted by molar-refractivity contribution is 0.0526. The minimum atomic E-state index is -4.30. The van der Waals surface area contributed by atoms with Crippen molar-refractivity contribution in [2.45, 2.75) is 30.2 Å². The summed E-state index contributed by atoms with van der Waals surface area (Å²) in [5.74, 6) is -1.97. The third-order valence-electron chi connectivity index (χ3n) is 3.10. The number of carbonyl (C=O) groups is 1. The van der Waals surface area contributed by atoms with Gasteiger partial charge in [0.05, 0.1) is 23.3 Å². The van der Waals surface area contributed by atoms with E-state index in [4.69, 9.17) is 21.6 Å². The van der Waals surface area contributed by atoms with E-state index < -0.39 is 32.2 Å². The Bertz CT molecular complexity index is 769. The number of benzene rings is 1. The molecule has 1 N–H and O–H groups in total. The summed E-state index contributed by atoms with van der Waals surface area (Å²) in [6.07, 6.45) is 0.700. The molecular weight excluding hydrogens is 335 g/mol. The van der Waals surface area contributed by atoms with Crippen LogP contribution in [0.15, 0.2) is 17.0 Å². The van der Waals surface area contributed by atoms with Gasteiger partial charge in [-0.15, -0.1) is 0 Å². The summed E-state index contributed by atoms with van der Waals surface area (Å²) in [4.78, 5) is 11.0. The van der Waals surface area contributed by atoms with Gasteiger partial charge in [0.25, 0.3) is 0 Å². The molecule has 0 aromatic heterocycles. The second kappa shape index (κ2) is 5.83. The number of esters is 1. The molecule has 0 unspecified atom stereocenters. The van der Waals surface area contributed by atoms with Gasteiger partial charge in [0.1, 0.15) is 16.3 Å². The van der Waals surface area contributed by atoms with Crippen molar-refractivity contribution >= 4 is 27.6 Å². The van der Waals surface area contributed by atoms with E-state index in [0.29, 0.717) is 12.8 Å². The van der Waals surface area contributed by atoms with Gasteiger partial charge < -0.3 is 4.74 Å². The third-order valence-corrected chi connectivity index (χ3v) is 4.96. The number of nitriles is 1. The molecule has 1 fully saturated rings. The molecule has 2 rings (SSSR count). The molecular formula is C13H12ClFN2O4S. The number of halogens is 2. The maximum Gasteiger partial charge on any atom is 0.339 e. The van der Waals surface area contributed by atoms with E-state index in [0.717, 1.165) is 12.1 Å². The van der Waals surface area contributed by atoms with Crippen LogP contribution in [0.4, 0.5) is 4.39 Å². The average Bonchev–Trinajstić information content (AvgIpc) is 3.18. The molecule has 1 aliphatic rings. The number of nitrogens with one attached hydrogen (secondary N) is 1. The van der Waals surface area contributed by atoms with E-state index in [9.17, 15) is 17.6 Å². The molecule has 1 saturated carbocycles. The van der Waals surface area contributed by atoms with Crippen LogP contribution in [0.25, 0.3) is 0 Å². The van der Waals surface area contributed by atoms with Crippen LogP contribution < -0.4 is 4.72 Å². The minimum absolute atomic E-state index is 0.0599. The van der Waals surface area contributed by atoms with Gasteiger partial charge in [0, 0.05) is 0 Å². The lowest BCUT2D eigenvalue weighted by Gasteiger charge is -2.12. The first-order valence-corrected chi connectivity index (χ1v) is 8.22. The zero-order chi connectivity index (χ0) is 16.5. The van der Waals surface area contributed by atoms with Crippen LogP contribution in [0, 0.1) is 17.1 Å². The van der Waals surface area contributed by atoms with E-state index in [-0.39, 0.29) is 17.2 Å². The minimum Gasteiger partial charge on any atom is -0.462 e. The van der Waals surface area contributed by atoms with E-state index >= 15 is 0 Å². The molecule has 6 nitrogen and oxygen atoms in total. The van der Waals surface area contributed by atoms with E-state index in [1.807, 2.05) is 6.07 Å². The van der Waals surface area contributed by atoms with Gasteiger partial charge in [-0.25, -0.2) is 17.6 Å². The predicted octanol–water partition coefficient (Wildman–Crippen LogP) is 1.99. The van der Waals surface area contributed by atoms with Gasteiger partial charge in [-0.2, -0.15) is 9.98 Å². The smallest absolute Gasteiger partial charge is 0.339 e. The number of nitrogens with zero attached hydrogens (tertiary/aromatic N) is 1. The summed E-state index contributed by atoms with van der Waals surface area (Å²) in [7, 11) is -4.30. The highest BCUT2D eigenvalue weighted by Crippen LogP contribution is 2.36. The molecule has 0 spiro atoms. The maximum atomic E-state index is 13.9.